The number of nitriles is 1. The molecular formula is C11H21NO. The van der Waals surface area contributed by atoms with E-state index in [1.165, 1.54) is 32.1 Å². The lowest BCUT2D eigenvalue weighted by atomic mass is 10.1. The van der Waals surface area contributed by atoms with Gasteiger partial charge >= 0.3 is 0 Å². The van der Waals surface area contributed by atoms with Gasteiger partial charge in [-0.25, -0.2) is 0 Å². The van der Waals surface area contributed by atoms with Crippen LogP contribution in [0.15, 0.2) is 0 Å². The van der Waals surface area contributed by atoms with E-state index in [-0.39, 0.29) is 0 Å². The van der Waals surface area contributed by atoms with Crippen molar-refractivity contribution in [3.63, 3.8) is 0 Å². The Balaban J connectivity index is 2.96. The molecule has 0 aromatic carbocycles. The molecule has 1 N–H and O–H groups in total. The average molecular weight is 183 g/mol. The summed E-state index contributed by atoms with van der Waals surface area (Å²) in [5.41, 5.74) is 0. The number of aliphatic hydroxyl groups is 1. The molecule has 0 spiro atoms. The normalized spacial score (nSPS) is 12.4. The number of nitrogens with zero attached hydrogens (tertiary/aromatic N) is 1. The van der Waals surface area contributed by atoms with E-state index in [9.17, 15) is 0 Å². The van der Waals surface area contributed by atoms with Gasteiger partial charge in [-0.05, 0) is 12.8 Å². The molecule has 0 aliphatic carbocycles. The Hall–Kier alpha value is -0.550. The molecule has 0 aromatic heterocycles. The van der Waals surface area contributed by atoms with E-state index in [0.717, 1.165) is 12.8 Å². The lowest BCUT2D eigenvalue weighted by molar-refractivity contribution is 0.215. The molecule has 0 aromatic rings. The highest BCUT2D eigenvalue weighted by atomic mass is 16.3. The fourth-order valence-corrected chi connectivity index (χ4v) is 1.36. The van der Waals surface area contributed by atoms with Crippen molar-refractivity contribution in [1.82, 2.24) is 0 Å². The summed E-state index contributed by atoms with van der Waals surface area (Å²) in [4.78, 5) is 0. The predicted molar refractivity (Wildman–Crippen MR) is 54.2 cm³/mol. The summed E-state index contributed by atoms with van der Waals surface area (Å²) in [7, 11) is 0. The topological polar surface area (TPSA) is 44.0 Å². The fraction of sp³-hybridized carbons (Fsp3) is 0.909. The molecule has 76 valence electrons. The van der Waals surface area contributed by atoms with Gasteiger partial charge in [0.15, 0.2) is 0 Å². The molecular weight excluding hydrogens is 162 g/mol. The minimum atomic E-state index is -0.740. The molecule has 0 aliphatic heterocycles. The number of hydrogen-bond donors (Lipinski definition) is 1. The zero-order valence-corrected chi connectivity index (χ0v) is 8.63. The third-order valence-corrected chi connectivity index (χ3v) is 2.23. The van der Waals surface area contributed by atoms with E-state index >= 15 is 0 Å². The van der Waals surface area contributed by atoms with Crippen molar-refractivity contribution >= 4 is 0 Å². The first-order valence-corrected chi connectivity index (χ1v) is 5.39. The van der Waals surface area contributed by atoms with Crippen molar-refractivity contribution in [3.05, 3.63) is 0 Å². The van der Waals surface area contributed by atoms with Crippen molar-refractivity contribution in [1.29, 1.82) is 5.26 Å². The van der Waals surface area contributed by atoms with Crippen LogP contribution in [0.3, 0.4) is 0 Å². The average Bonchev–Trinajstić information content (AvgIpc) is 2.16. The van der Waals surface area contributed by atoms with Crippen LogP contribution in [-0.2, 0) is 0 Å². The standard InChI is InChI=1S/C11H21NO/c1-2-3-4-5-6-7-8-9-11(13)10-12/h11,13H,2-9H2,1H3/t11-/m1/s1. The van der Waals surface area contributed by atoms with Gasteiger partial charge in [0.1, 0.15) is 6.10 Å². The largest absolute Gasteiger partial charge is 0.378 e. The van der Waals surface area contributed by atoms with Crippen molar-refractivity contribution in [3.8, 4) is 6.07 Å². The first-order valence-electron chi connectivity index (χ1n) is 5.39. The second-order valence-electron chi connectivity index (χ2n) is 3.55. The van der Waals surface area contributed by atoms with E-state index < -0.39 is 6.10 Å². The van der Waals surface area contributed by atoms with Crippen molar-refractivity contribution in [2.45, 2.75) is 64.4 Å². The monoisotopic (exact) mass is 183 g/mol. The van der Waals surface area contributed by atoms with Crippen LogP contribution in [0.1, 0.15) is 58.3 Å². The van der Waals surface area contributed by atoms with Gasteiger partial charge in [0, 0.05) is 0 Å². The van der Waals surface area contributed by atoms with Gasteiger partial charge in [-0.2, -0.15) is 5.26 Å². The van der Waals surface area contributed by atoms with Crippen LogP contribution in [0, 0.1) is 11.3 Å². The van der Waals surface area contributed by atoms with Crippen molar-refractivity contribution in [2.24, 2.45) is 0 Å². The Morgan fingerprint density at radius 3 is 2.15 bits per heavy atom. The molecule has 2 nitrogen and oxygen atoms in total. The first kappa shape index (κ1) is 12.4. The Labute approximate surface area is 81.6 Å². The van der Waals surface area contributed by atoms with Crippen LogP contribution in [0.2, 0.25) is 0 Å². The maximum Gasteiger partial charge on any atom is 0.140 e. The molecule has 0 radical (unpaired) electrons. The van der Waals surface area contributed by atoms with Gasteiger partial charge in [0.2, 0.25) is 0 Å². The summed E-state index contributed by atoms with van der Waals surface area (Å²) in [5.74, 6) is 0. The van der Waals surface area contributed by atoms with Gasteiger partial charge in [-0.1, -0.05) is 45.4 Å². The molecule has 13 heavy (non-hydrogen) atoms. The molecule has 0 unspecified atom stereocenters. The summed E-state index contributed by atoms with van der Waals surface area (Å²) in [5, 5.41) is 17.2. The van der Waals surface area contributed by atoms with Gasteiger partial charge < -0.3 is 5.11 Å². The van der Waals surface area contributed by atoms with Gasteiger partial charge in [-0.3, -0.25) is 0 Å². The highest BCUT2D eigenvalue weighted by Crippen LogP contribution is 2.09. The van der Waals surface area contributed by atoms with Crippen LogP contribution < -0.4 is 0 Å². The van der Waals surface area contributed by atoms with Crippen LogP contribution in [0.4, 0.5) is 0 Å². The van der Waals surface area contributed by atoms with Crippen LogP contribution >= 0.6 is 0 Å². The molecule has 0 aliphatic rings. The molecule has 1 atom stereocenters. The van der Waals surface area contributed by atoms with E-state index in [1.807, 2.05) is 6.07 Å². The Morgan fingerprint density at radius 2 is 1.62 bits per heavy atom. The van der Waals surface area contributed by atoms with E-state index in [2.05, 4.69) is 6.92 Å². The third kappa shape index (κ3) is 9.36. The summed E-state index contributed by atoms with van der Waals surface area (Å²) < 4.78 is 0. The molecule has 0 heterocycles. The van der Waals surface area contributed by atoms with E-state index in [0.29, 0.717) is 6.42 Å². The number of rotatable bonds is 8. The zero-order valence-electron chi connectivity index (χ0n) is 8.63. The minimum Gasteiger partial charge on any atom is -0.378 e. The lowest BCUT2D eigenvalue weighted by Crippen LogP contribution is -2.01. The summed E-state index contributed by atoms with van der Waals surface area (Å²) in [6, 6.07) is 1.83. The molecule has 2 heteroatoms. The highest BCUT2D eigenvalue weighted by Gasteiger charge is 1.99. The molecule has 0 bridgehead atoms. The van der Waals surface area contributed by atoms with Gasteiger partial charge in [-0.15, -0.1) is 0 Å². The van der Waals surface area contributed by atoms with Gasteiger partial charge in [0.25, 0.3) is 0 Å². The Bertz CT molecular complexity index is 140. The van der Waals surface area contributed by atoms with Crippen LogP contribution in [-0.4, -0.2) is 11.2 Å². The molecule has 0 fully saturated rings. The SMILES string of the molecule is CCCCCCCCC[C@@H](O)C#N. The molecule has 0 saturated heterocycles. The Kier molecular flexibility index (Phi) is 9.13. The maximum absolute atomic E-state index is 8.94. The van der Waals surface area contributed by atoms with Crippen molar-refractivity contribution in [2.75, 3.05) is 0 Å². The minimum absolute atomic E-state index is 0.643. The highest BCUT2D eigenvalue weighted by molar-refractivity contribution is 4.81. The first-order chi connectivity index (χ1) is 6.31. The Morgan fingerprint density at radius 1 is 1.08 bits per heavy atom. The second kappa shape index (κ2) is 9.54. The number of unbranched alkanes of at least 4 members (excludes halogenated alkanes) is 6. The number of hydrogen-bond acceptors (Lipinski definition) is 2. The number of aliphatic hydroxyl groups excluding tert-OH is 1. The van der Waals surface area contributed by atoms with E-state index in [4.69, 9.17) is 10.4 Å². The molecule has 0 rings (SSSR count). The third-order valence-electron chi connectivity index (χ3n) is 2.23. The predicted octanol–water partition coefficient (Wildman–Crippen LogP) is 3.01. The molecule has 0 amide bonds. The van der Waals surface area contributed by atoms with Crippen molar-refractivity contribution < 1.29 is 5.11 Å². The van der Waals surface area contributed by atoms with Crippen LogP contribution in [0.25, 0.3) is 0 Å². The lowest BCUT2D eigenvalue weighted by Gasteiger charge is -2.01. The zero-order chi connectivity index (χ0) is 9.94. The molecule has 0 saturated carbocycles. The quantitative estimate of drug-likeness (QED) is 0.464. The van der Waals surface area contributed by atoms with Crippen LogP contribution in [0.5, 0.6) is 0 Å². The summed E-state index contributed by atoms with van der Waals surface area (Å²) >= 11 is 0. The van der Waals surface area contributed by atoms with Gasteiger partial charge in [0.05, 0.1) is 6.07 Å². The fourth-order valence-electron chi connectivity index (χ4n) is 1.36. The summed E-state index contributed by atoms with van der Waals surface area (Å²) in [6.45, 7) is 2.21. The van der Waals surface area contributed by atoms with E-state index in [1.54, 1.807) is 0 Å². The maximum atomic E-state index is 8.94. The smallest absolute Gasteiger partial charge is 0.140 e. The second-order valence-corrected chi connectivity index (χ2v) is 3.55. The summed E-state index contributed by atoms with van der Waals surface area (Å²) in [6.07, 6.45) is 8.55.